The van der Waals surface area contributed by atoms with Gasteiger partial charge in [0.15, 0.2) is 6.61 Å². The molecule has 3 rings (SSSR count). The number of benzene rings is 3. The highest BCUT2D eigenvalue weighted by atomic mass is 16.5. The van der Waals surface area contributed by atoms with Crippen LogP contribution in [-0.4, -0.2) is 36.4 Å². The Morgan fingerprint density at radius 3 is 2.06 bits per heavy atom. The number of carbonyl (C=O) groups is 2. The first-order valence-corrected chi connectivity index (χ1v) is 10.5. The van der Waals surface area contributed by atoms with Crippen molar-refractivity contribution < 1.29 is 19.1 Å². The van der Waals surface area contributed by atoms with Crippen molar-refractivity contribution in [1.82, 2.24) is 10.2 Å². The summed E-state index contributed by atoms with van der Waals surface area (Å²) in [6.45, 7) is 4.21. The number of rotatable bonds is 9. The van der Waals surface area contributed by atoms with Crippen molar-refractivity contribution in [1.29, 1.82) is 0 Å². The third-order valence-corrected chi connectivity index (χ3v) is 4.96. The molecule has 0 spiro atoms. The second-order valence-electron chi connectivity index (χ2n) is 7.66. The van der Waals surface area contributed by atoms with Gasteiger partial charge in [0, 0.05) is 25.2 Å². The smallest absolute Gasteiger partial charge is 0.258 e. The molecular weight excluding hydrogens is 404 g/mol. The molecule has 0 saturated heterocycles. The van der Waals surface area contributed by atoms with Crippen molar-refractivity contribution in [2.75, 3.05) is 13.7 Å². The first-order chi connectivity index (χ1) is 15.4. The molecule has 6 heteroatoms. The van der Waals surface area contributed by atoms with Gasteiger partial charge in [-0.05, 0) is 67.9 Å². The molecule has 0 saturated carbocycles. The maximum Gasteiger partial charge on any atom is 0.258 e. The molecule has 0 aliphatic heterocycles. The highest BCUT2D eigenvalue weighted by Gasteiger charge is 2.14. The number of amides is 2. The number of hydrogen-bond donors (Lipinski definition) is 1. The Morgan fingerprint density at radius 2 is 1.44 bits per heavy atom. The predicted octanol–water partition coefficient (Wildman–Crippen LogP) is 4.65. The lowest BCUT2D eigenvalue weighted by Gasteiger charge is -2.21. The van der Waals surface area contributed by atoms with Crippen LogP contribution < -0.4 is 14.8 Å². The summed E-state index contributed by atoms with van der Waals surface area (Å²) < 4.78 is 11.3. The molecule has 0 bridgehead atoms. The Bertz CT molecular complexity index is 1020. The number of ether oxygens (including phenoxy) is 2. The summed E-state index contributed by atoms with van der Waals surface area (Å²) in [5.74, 6) is 1.77. The van der Waals surface area contributed by atoms with E-state index in [-0.39, 0.29) is 24.5 Å². The molecule has 0 aromatic heterocycles. The highest BCUT2D eigenvalue weighted by molar-refractivity contribution is 5.94. The third kappa shape index (κ3) is 6.60. The van der Waals surface area contributed by atoms with Crippen LogP contribution in [0, 0.1) is 0 Å². The van der Waals surface area contributed by atoms with Crippen LogP contribution in [-0.2, 0) is 11.3 Å². The fraction of sp³-hybridized carbons (Fsp3) is 0.231. The van der Waals surface area contributed by atoms with Crippen LogP contribution in [0.4, 0.5) is 0 Å². The van der Waals surface area contributed by atoms with Crippen LogP contribution >= 0.6 is 0 Å². The summed E-state index contributed by atoms with van der Waals surface area (Å²) >= 11 is 0. The summed E-state index contributed by atoms with van der Waals surface area (Å²) in [5.41, 5.74) is 1.53. The van der Waals surface area contributed by atoms with Crippen LogP contribution in [0.15, 0.2) is 78.9 Å². The van der Waals surface area contributed by atoms with Crippen molar-refractivity contribution in [2.24, 2.45) is 0 Å². The zero-order valence-corrected chi connectivity index (χ0v) is 18.6. The van der Waals surface area contributed by atoms with Gasteiger partial charge in [0.1, 0.15) is 17.2 Å². The van der Waals surface area contributed by atoms with Gasteiger partial charge < -0.3 is 19.7 Å². The Kier molecular flexibility index (Phi) is 7.86. The van der Waals surface area contributed by atoms with E-state index in [0.717, 1.165) is 11.3 Å². The lowest BCUT2D eigenvalue weighted by molar-refractivity contribution is -0.123. The monoisotopic (exact) mass is 432 g/mol. The Labute approximate surface area is 188 Å². The molecule has 1 N–H and O–H groups in total. The van der Waals surface area contributed by atoms with E-state index in [2.05, 4.69) is 5.32 Å². The molecule has 166 valence electrons. The summed E-state index contributed by atoms with van der Waals surface area (Å²) in [6, 6.07) is 24.0. The highest BCUT2D eigenvalue weighted by Crippen LogP contribution is 2.23. The van der Waals surface area contributed by atoms with Crippen LogP contribution in [0.1, 0.15) is 29.8 Å². The summed E-state index contributed by atoms with van der Waals surface area (Å²) in [5, 5.41) is 2.82. The minimum absolute atomic E-state index is 0.0239. The first-order valence-electron chi connectivity index (χ1n) is 10.5. The lowest BCUT2D eigenvalue weighted by atomic mass is 10.1. The largest absolute Gasteiger partial charge is 0.484 e. The molecule has 0 heterocycles. The minimum atomic E-state index is -0.227. The van der Waals surface area contributed by atoms with E-state index in [4.69, 9.17) is 9.47 Å². The zero-order chi connectivity index (χ0) is 22.9. The van der Waals surface area contributed by atoms with Gasteiger partial charge in [-0.15, -0.1) is 0 Å². The Balaban J connectivity index is 1.42. The maximum atomic E-state index is 12.3. The summed E-state index contributed by atoms with van der Waals surface area (Å²) in [4.78, 5) is 26.1. The van der Waals surface area contributed by atoms with E-state index in [1.807, 2.05) is 56.3 Å². The van der Waals surface area contributed by atoms with E-state index in [1.165, 1.54) is 0 Å². The number of nitrogens with zero attached hydrogens (tertiary/aromatic N) is 1. The standard InChI is InChI=1S/C26H28N2O4/c1-19(2)28(3)26(30)21-11-9-20(10-12-21)17-27-25(29)18-31-22-13-15-24(16-14-22)32-23-7-5-4-6-8-23/h4-16,19H,17-18H2,1-3H3,(H,27,29). The molecule has 2 amide bonds. The average molecular weight is 433 g/mol. The topological polar surface area (TPSA) is 67.9 Å². The molecule has 3 aromatic rings. The number of para-hydroxylation sites is 1. The minimum Gasteiger partial charge on any atom is -0.484 e. The van der Waals surface area contributed by atoms with Crippen LogP contribution in [0.2, 0.25) is 0 Å². The molecule has 0 unspecified atom stereocenters. The molecule has 0 aliphatic rings. The van der Waals surface area contributed by atoms with E-state index in [1.54, 1.807) is 48.3 Å². The van der Waals surface area contributed by atoms with Crippen LogP contribution in [0.25, 0.3) is 0 Å². The second-order valence-corrected chi connectivity index (χ2v) is 7.66. The summed E-state index contributed by atoms with van der Waals surface area (Å²) in [6.07, 6.45) is 0. The van der Waals surface area contributed by atoms with Gasteiger partial charge in [-0.2, -0.15) is 0 Å². The van der Waals surface area contributed by atoms with Gasteiger partial charge in [-0.1, -0.05) is 30.3 Å². The quantitative estimate of drug-likeness (QED) is 0.534. The molecule has 32 heavy (non-hydrogen) atoms. The molecule has 0 radical (unpaired) electrons. The van der Waals surface area contributed by atoms with Crippen molar-refractivity contribution >= 4 is 11.8 Å². The summed E-state index contributed by atoms with van der Waals surface area (Å²) in [7, 11) is 1.78. The van der Waals surface area contributed by atoms with Gasteiger partial charge in [0.25, 0.3) is 11.8 Å². The normalized spacial score (nSPS) is 10.5. The first kappa shape index (κ1) is 22.9. The van der Waals surface area contributed by atoms with Gasteiger partial charge in [-0.25, -0.2) is 0 Å². The number of nitrogens with one attached hydrogen (secondary N) is 1. The van der Waals surface area contributed by atoms with Crippen molar-refractivity contribution in [2.45, 2.75) is 26.4 Å². The van der Waals surface area contributed by atoms with Crippen molar-refractivity contribution in [3.8, 4) is 17.2 Å². The van der Waals surface area contributed by atoms with Gasteiger partial charge >= 0.3 is 0 Å². The number of hydrogen-bond acceptors (Lipinski definition) is 4. The van der Waals surface area contributed by atoms with E-state index in [0.29, 0.717) is 23.6 Å². The maximum absolute atomic E-state index is 12.3. The third-order valence-electron chi connectivity index (χ3n) is 4.96. The predicted molar refractivity (Wildman–Crippen MR) is 124 cm³/mol. The fourth-order valence-corrected chi connectivity index (χ4v) is 2.83. The van der Waals surface area contributed by atoms with E-state index in [9.17, 15) is 9.59 Å². The van der Waals surface area contributed by atoms with Crippen LogP contribution in [0.3, 0.4) is 0 Å². The molecule has 0 aliphatic carbocycles. The molecule has 6 nitrogen and oxygen atoms in total. The van der Waals surface area contributed by atoms with Gasteiger partial charge in [-0.3, -0.25) is 9.59 Å². The molecular formula is C26H28N2O4. The van der Waals surface area contributed by atoms with E-state index >= 15 is 0 Å². The fourth-order valence-electron chi connectivity index (χ4n) is 2.83. The SMILES string of the molecule is CC(C)N(C)C(=O)c1ccc(CNC(=O)COc2ccc(Oc3ccccc3)cc2)cc1. The molecule has 3 aromatic carbocycles. The van der Waals surface area contributed by atoms with Gasteiger partial charge in [0.05, 0.1) is 0 Å². The van der Waals surface area contributed by atoms with Gasteiger partial charge in [0.2, 0.25) is 0 Å². The number of carbonyl (C=O) groups excluding carboxylic acids is 2. The molecule has 0 fully saturated rings. The van der Waals surface area contributed by atoms with Crippen molar-refractivity contribution in [3.05, 3.63) is 90.0 Å². The average Bonchev–Trinajstić information content (AvgIpc) is 2.82. The Hall–Kier alpha value is -3.80. The Morgan fingerprint density at radius 1 is 0.844 bits per heavy atom. The zero-order valence-electron chi connectivity index (χ0n) is 18.6. The van der Waals surface area contributed by atoms with Crippen LogP contribution in [0.5, 0.6) is 17.2 Å². The molecule has 0 atom stereocenters. The second kappa shape index (κ2) is 11.0. The lowest BCUT2D eigenvalue weighted by Crippen LogP contribution is -2.33. The van der Waals surface area contributed by atoms with E-state index < -0.39 is 0 Å². The van der Waals surface area contributed by atoms with Crippen molar-refractivity contribution in [3.63, 3.8) is 0 Å².